The van der Waals surface area contributed by atoms with E-state index in [4.69, 9.17) is 9.72 Å². The van der Waals surface area contributed by atoms with E-state index in [-0.39, 0.29) is 12.1 Å². The summed E-state index contributed by atoms with van der Waals surface area (Å²) in [6.45, 7) is 3.84. The standard InChI is InChI=1S/C28H28N4O2.H3N/c1-20-24(21-8-4-3-5-9-21)11-6-12-25(20)26-14-13-23(28(32-26)34-2)19-30-16-17-31-27(33)22-10-7-15-29-18-22;/h3-15,18,30H,16-17,19H2,1-2H3,(H,31,33);1H3. The van der Waals surface area contributed by atoms with Gasteiger partial charge in [-0.2, -0.15) is 0 Å². The Morgan fingerprint density at radius 2 is 1.71 bits per heavy atom. The van der Waals surface area contributed by atoms with Gasteiger partial charge < -0.3 is 21.5 Å². The van der Waals surface area contributed by atoms with Crippen LogP contribution in [0.3, 0.4) is 0 Å². The van der Waals surface area contributed by atoms with Crippen LogP contribution in [0, 0.1) is 6.92 Å². The van der Waals surface area contributed by atoms with Crippen LogP contribution in [0.1, 0.15) is 21.5 Å². The average Bonchev–Trinajstić information content (AvgIpc) is 2.89. The average molecular weight is 470 g/mol. The Morgan fingerprint density at radius 1 is 0.914 bits per heavy atom. The van der Waals surface area contributed by atoms with Crippen molar-refractivity contribution in [2.75, 3.05) is 20.2 Å². The topological polar surface area (TPSA) is 111 Å². The number of benzene rings is 2. The molecular formula is C28H31N5O2. The van der Waals surface area contributed by atoms with Crippen molar-refractivity contribution in [3.05, 3.63) is 102 Å². The number of rotatable bonds is 9. The summed E-state index contributed by atoms with van der Waals surface area (Å²) in [5.74, 6) is 0.459. The molecule has 7 nitrogen and oxygen atoms in total. The molecule has 0 aliphatic rings. The molecule has 0 saturated heterocycles. The van der Waals surface area contributed by atoms with Gasteiger partial charge in [0.25, 0.3) is 5.91 Å². The lowest BCUT2D eigenvalue weighted by atomic mass is 9.94. The SMILES string of the molecule is COc1nc(-c2cccc(-c3ccccc3)c2C)ccc1CNCCNC(=O)c1cccnc1.N. The zero-order valence-corrected chi connectivity index (χ0v) is 20.1. The van der Waals surface area contributed by atoms with E-state index < -0.39 is 0 Å². The Kier molecular flexibility index (Phi) is 9.06. The molecule has 0 aliphatic carbocycles. The maximum Gasteiger partial charge on any atom is 0.252 e. The van der Waals surface area contributed by atoms with E-state index >= 15 is 0 Å². The third-order valence-corrected chi connectivity index (χ3v) is 5.65. The highest BCUT2D eigenvalue weighted by Crippen LogP contribution is 2.32. The first-order valence-electron chi connectivity index (χ1n) is 11.3. The molecular weight excluding hydrogens is 438 g/mol. The number of nitrogens with one attached hydrogen (secondary N) is 2. The monoisotopic (exact) mass is 469 g/mol. The van der Waals surface area contributed by atoms with Crippen LogP contribution in [-0.2, 0) is 6.54 Å². The molecule has 180 valence electrons. The molecule has 0 unspecified atom stereocenters. The van der Waals surface area contributed by atoms with Gasteiger partial charge in [0.05, 0.1) is 18.4 Å². The predicted octanol–water partition coefficient (Wildman–Crippen LogP) is 4.81. The highest BCUT2D eigenvalue weighted by atomic mass is 16.5. The van der Waals surface area contributed by atoms with Gasteiger partial charge in [-0.3, -0.25) is 9.78 Å². The lowest BCUT2D eigenvalue weighted by molar-refractivity contribution is 0.0953. The molecule has 1 amide bonds. The van der Waals surface area contributed by atoms with Crippen LogP contribution in [0.5, 0.6) is 5.88 Å². The highest BCUT2D eigenvalue weighted by Gasteiger charge is 2.12. The fourth-order valence-electron chi connectivity index (χ4n) is 3.86. The van der Waals surface area contributed by atoms with Crippen LogP contribution in [-0.4, -0.2) is 36.1 Å². The van der Waals surface area contributed by atoms with E-state index in [0.29, 0.717) is 31.1 Å². The summed E-state index contributed by atoms with van der Waals surface area (Å²) < 4.78 is 5.59. The van der Waals surface area contributed by atoms with Gasteiger partial charge in [-0.1, -0.05) is 54.6 Å². The molecule has 4 rings (SSSR count). The smallest absolute Gasteiger partial charge is 0.252 e. The highest BCUT2D eigenvalue weighted by molar-refractivity contribution is 5.93. The number of methoxy groups -OCH3 is 1. The molecule has 0 bridgehead atoms. The first-order valence-corrected chi connectivity index (χ1v) is 11.3. The molecule has 0 atom stereocenters. The second-order valence-electron chi connectivity index (χ2n) is 7.88. The molecule has 2 aromatic heterocycles. The van der Waals surface area contributed by atoms with Gasteiger partial charge in [0.2, 0.25) is 5.88 Å². The Labute approximate surface area is 206 Å². The molecule has 0 spiro atoms. The molecule has 7 heteroatoms. The van der Waals surface area contributed by atoms with Crippen molar-refractivity contribution in [1.29, 1.82) is 0 Å². The van der Waals surface area contributed by atoms with Gasteiger partial charge in [0.15, 0.2) is 0 Å². The predicted molar refractivity (Wildman–Crippen MR) is 140 cm³/mol. The van der Waals surface area contributed by atoms with Gasteiger partial charge >= 0.3 is 0 Å². The Bertz CT molecular complexity index is 1250. The summed E-state index contributed by atoms with van der Waals surface area (Å²) in [6.07, 6.45) is 3.20. The number of carbonyl (C=O) groups is 1. The number of hydrogen-bond acceptors (Lipinski definition) is 6. The number of carbonyl (C=O) groups excluding carboxylic acids is 1. The summed E-state index contributed by atoms with van der Waals surface area (Å²) in [5, 5.41) is 6.22. The van der Waals surface area contributed by atoms with E-state index in [0.717, 1.165) is 16.8 Å². The molecule has 0 radical (unpaired) electrons. The number of nitrogens with zero attached hydrogens (tertiary/aromatic N) is 2. The summed E-state index contributed by atoms with van der Waals surface area (Å²) >= 11 is 0. The summed E-state index contributed by atoms with van der Waals surface area (Å²) in [5.41, 5.74) is 7.02. The van der Waals surface area contributed by atoms with Crippen LogP contribution in [0.4, 0.5) is 0 Å². The van der Waals surface area contributed by atoms with Gasteiger partial charge in [0, 0.05) is 43.2 Å². The molecule has 0 saturated carbocycles. The van der Waals surface area contributed by atoms with E-state index in [1.54, 1.807) is 31.6 Å². The largest absolute Gasteiger partial charge is 0.481 e. The number of pyridine rings is 2. The molecule has 35 heavy (non-hydrogen) atoms. The second kappa shape index (κ2) is 12.4. The fraction of sp³-hybridized carbons (Fsp3) is 0.179. The van der Waals surface area contributed by atoms with Gasteiger partial charge in [-0.05, 0) is 41.8 Å². The van der Waals surface area contributed by atoms with Crippen LogP contribution in [0.25, 0.3) is 22.4 Å². The first-order chi connectivity index (χ1) is 16.7. The first kappa shape index (κ1) is 25.6. The second-order valence-corrected chi connectivity index (χ2v) is 7.88. The Morgan fingerprint density at radius 3 is 2.46 bits per heavy atom. The minimum absolute atomic E-state index is 0. The quantitative estimate of drug-likeness (QED) is 0.303. The van der Waals surface area contributed by atoms with Gasteiger partial charge in [-0.15, -0.1) is 0 Å². The molecule has 2 heterocycles. The molecule has 2 aromatic carbocycles. The van der Waals surface area contributed by atoms with E-state index in [1.807, 2.05) is 18.2 Å². The van der Waals surface area contributed by atoms with Crippen LogP contribution < -0.4 is 21.5 Å². The van der Waals surface area contributed by atoms with Gasteiger partial charge in [-0.25, -0.2) is 4.98 Å². The number of amides is 1. The zero-order chi connectivity index (χ0) is 23.8. The third-order valence-electron chi connectivity index (χ3n) is 5.65. The molecule has 0 aliphatic heterocycles. The lowest BCUT2D eigenvalue weighted by Gasteiger charge is -2.14. The van der Waals surface area contributed by atoms with Crippen molar-refractivity contribution < 1.29 is 9.53 Å². The minimum Gasteiger partial charge on any atom is -0.481 e. The summed E-state index contributed by atoms with van der Waals surface area (Å²) in [7, 11) is 1.64. The molecule has 5 N–H and O–H groups in total. The van der Waals surface area contributed by atoms with Crippen molar-refractivity contribution in [3.8, 4) is 28.3 Å². The van der Waals surface area contributed by atoms with Crippen molar-refractivity contribution >= 4 is 5.91 Å². The van der Waals surface area contributed by atoms with E-state index in [2.05, 4.69) is 65.0 Å². The number of aromatic nitrogens is 2. The van der Waals surface area contributed by atoms with Crippen LogP contribution in [0.2, 0.25) is 0 Å². The Balaban J connectivity index is 0.00000342. The minimum atomic E-state index is -0.133. The molecule has 0 fully saturated rings. The van der Waals surface area contributed by atoms with Gasteiger partial charge in [0.1, 0.15) is 0 Å². The van der Waals surface area contributed by atoms with Crippen LogP contribution >= 0.6 is 0 Å². The number of hydrogen-bond donors (Lipinski definition) is 3. The van der Waals surface area contributed by atoms with Crippen molar-refractivity contribution in [1.82, 2.24) is 26.8 Å². The zero-order valence-electron chi connectivity index (χ0n) is 20.1. The van der Waals surface area contributed by atoms with E-state index in [1.165, 1.54) is 16.7 Å². The number of ether oxygens (including phenoxy) is 1. The maximum absolute atomic E-state index is 12.1. The summed E-state index contributed by atoms with van der Waals surface area (Å²) in [4.78, 5) is 20.8. The molecule has 4 aromatic rings. The van der Waals surface area contributed by atoms with Crippen molar-refractivity contribution in [2.45, 2.75) is 13.5 Å². The van der Waals surface area contributed by atoms with E-state index in [9.17, 15) is 4.79 Å². The maximum atomic E-state index is 12.1. The fourth-order valence-corrected chi connectivity index (χ4v) is 3.86. The third kappa shape index (κ3) is 6.29. The normalized spacial score (nSPS) is 10.3. The van der Waals surface area contributed by atoms with Crippen molar-refractivity contribution in [2.24, 2.45) is 0 Å². The van der Waals surface area contributed by atoms with Crippen molar-refractivity contribution in [3.63, 3.8) is 0 Å². The van der Waals surface area contributed by atoms with Crippen LogP contribution in [0.15, 0.2) is 85.2 Å². The lowest BCUT2D eigenvalue weighted by Crippen LogP contribution is -2.31. The summed E-state index contributed by atoms with van der Waals surface area (Å²) in [6, 6.07) is 24.2. The Hall–Kier alpha value is -4.07.